The Hall–Kier alpha value is -3.34. The molecular formula is C18H15ClF3N5O3. The lowest BCUT2D eigenvalue weighted by Gasteiger charge is -2.13. The number of amides is 2. The summed E-state index contributed by atoms with van der Waals surface area (Å²) in [7, 11) is 0. The molecule has 1 atom stereocenters. The van der Waals surface area contributed by atoms with Crippen LogP contribution < -0.4 is 16.2 Å². The third kappa shape index (κ3) is 5.38. The van der Waals surface area contributed by atoms with E-state index in [0.29, 0.717) is 11.8 Å². The van der Waals surface area contributed by atoms with E-state index in [1.54, 1.807) is 30.3 Å². The van der Waals surface area contributed by atoms with Crippen LogP contribution in [-0.4, -0.2) is 35.2 Å². The Morgan fingerprint density at radius 1 is 1.17 bits per heavy atom. The van der Waals surface area contributed by atoms with E-state index in [-0.39, 0.29) is 29.5 Å². The molecule has 2 amide bonds. The Labute approximate surface area is 173 Å². The second kappa shape index (κ2) is 8.99. The number of anilines is 1. The number of alkyl halides is 3. The van der Waals surface area contributed by atoms with Crippen LogP contribution in [-0.2, 0) is 15.8 Å². The Morgan fingerprint density at radius 2 is 1.87 bits per heavy atom. The van der Waals surface area contributed by atoms with Crippen molar-refractivity contribution >= 4 is 34.9 Å². The molecule has 1 aromatic carbocycles. The Bertz CT molecular complexity index is 969. The van der Waals surface area contributed by atoms with Gasteiger partial charge in [-0.25, -0.2) is 4.98 Å². The first-order valence-corrected chi connectivity index (χ1v) is 8.97. The second-order valence-corrected chi connectivity index (χ2v) is 6.58. The van der Waals surface area contributed by atoms with E-state index in [1.807, 2.05) is 0 Å². The molecule has 0 fully saturated rings. The van der Waals surface area contributed by atoms with Gasteiger partial charge in [0.05, 0.1) is 17.1 Å². The van der Waals surface area contributed by atoms with Crippen molar-refractivity contribution in [1.82, 2.24) is 15.8 Å². The standard InChI is InChI=1S/C18H15ClF3N5O3/c19-13-6-11(18(20,21)22)8-23-15(13)24-9-12-7-14(27-30-12)17(29)26-25-16(28)10-4-2-1-3-5-10/h1-6,8,12H,7,9H2,(H,23,24)(H,25,28)(H,26,29)/t12-/m0/s1. The number of pyridine rings is 1. The number of hydrazine groups is 1. The van der Waals surface area contributed by atoms with Gasteiger partial charge in [-0.05, 0) is 18.2 Å². The zero-order valence-electron chi connectivity index (χ0n) is 15.2. The number of halogens is 4. The van der Waals surface area contributed by atoms with Crippen LogP contribution in [0.2, 0.25) is 5.02 Å². The lowest BCUT2D eigenvalue weighted by Crippen LogP contribution is -2.44. The van der Waals surface area contributed by atoms with Crippen LogP contribution in [0.1, 0.15) is 22.3 Å². The highest BCUT2D eigenvalue weighted by molar-refractivity contribution is 6.39. The number of oxime groups is 1. The quantitative estimate of drug-likeness (QED) is 0.619. The van der Waals surface area contributed by atoms with Crippen molar-refractivity contribution < 1.29 is 27.6 Å². The zero-order valence-corrected chi connectivity index (χ0v) is 15.9. The molecule has 3 N–H and O–H groups in total. The smallest absolute Gasteiger partial charge is 0.390 e. The van der Waals surface area contributed by atoms with Gasteiger partial charge in [0.25, 0.3) is 11.8 Å². The minimum Gasteiger partial charge on any atom is -0.390 e. The molecule has 0 saturated carbocycles. The van der Waals surface area contributed by atoms with Crippen molar-refractivity contribution in [3.8, 4) is 0 Å². The van der Waals surface area contributed by atoms with Gasteiger partial charge < -0.3 is 10.2 Å². The van der Waals surface area contributed by atoms with E-state index >= 15 is 0 Å². The highest BCUT2D eigenvalue weighted by atomic mass is 35.5. The van der Waals surface area contributed by atoms with Gasteiger partial charge >= 0.3 is 6.18 Å². The molecule has 0 spiro atoms. The van der Waals surface area contributed by atoms with Crippen molar-refractivity contribution in [1.29, 1.82) is 0 Å². The molecule has 30 heavy (non-hydrogen) atoms. The molecule has 0 saturated heterocycles. The fraction of sp³-hybridized carbons (Fsp3) is 0.222. The highest BCUT2D eigenvalue weighted by Gasteiger charge is 2.32. The normalized spacial score (nSPS) is 15.7. The number of benzene rings is 1. The van der Waals surface area contributed by atoms with Gasteiger partial charge in [0.15, 0.2) is 6.10 Å². The molecule has 3 rings (SSSR count). The molecule has 0 bridgehead atoms. The monoisotopic (exact) mass is 441 g/mol. The predicted molar refractivity (Wildman–Crippen MR) is 102 cm³/mol. The maximum absolute atomic E-state index is 12.6. The largest absolute Gasteiger partial charge is 0.417 e. The van der Waals surface area contributed by atoms with Gasteiger partial charge in [-0.2, -0.15) is 13.2 Å². The predicted octanol–water partition coefficient (Wildman–Crippen LogP) is 2.77. The first-order chi connectivity index (χ1) is 14.2. The van der Waals surface area contributed by atoms with Crippen LogP contribution in [0.15, 0.2) is 47.8 Å². The van der Waals surface area contributed by atoms with E-state index in [9.17, 15) is 22.8 Å². The van der Waals surface area contributed by atoms with Crippen molar-refractivity contribution in [3.05, 3.63) is 58.7 Å². The van der Waals surface area contributed by atoms with Crippen molar-refractivity contribution in [3.63, 3.8) is 0 Å². The van der Waals surface area contributed by atoms with Crippen molar-refractivity contribution in [2.45, 2.75) is 18.7 Å². The van der Waals surface area contributed by atoms with Gasteiger partial charge in [0, 0.05) is 18.2 Å². The molecule has 0 radical (unpaired) electrons. The number of rotatable bonds is 5. The van der Waals surface area contributed by atoms with Gasteiger partial charge in [-0.1, -0.05) is 35.0 Å². The van der Waals surface area contributed by atoms with E-state index in [1.165, 1.54) is 0 Å². The first-order valence-electron chi connectivity index (χ1n) is 8.59. The third-order valence-electron chi connectivity index (χ3n) is 3.99. The lowest BCUT2D eigenvalue weighted by atomic mass is 10.1. The molecular weight excluding hydrogens is 427 g/mol. The van der Waals surface area contributed by atoms with Crippen molar-refractivity contribution in [2.75, 3.05) is 11.9 Å². The number of hydrogen-bond donors (Lipinski definition) is 3. The molecule has 2 heterocycles. The molecule has 2 aromatic rings. The van der Waals surface area contributed by atoms with Crippen LogP contribution in [0.5, 0.6) is 0 Å². The lowest BCUT2D eigenvalue weighted by molar-refractivity contribution is -0.137. The van der Waals surface area contributed by atoms with Crippen molar-refractivity contribution in [2.24, 2.45) is 5.16 Å². The fourth-order valence-corrected chi connectivity index (χ4v) is 2.69. The Balaban J connectivity index is 1.46. The van der Waals surface area contributed by atoms with Crippen LogP contribution in [0.25, 0.3) is 0 Å². The maximum Gasteiger partial charge on any atom is 0.417 e. The number of hydrogen-bond acceptors (Lipinski definition) is 6. The molecule has 1 aliphatic heterocycles. The summed E-state index contributed by atoms with van der Waals surface area (Å²) in [4.78, 5) is 32.8. The number of nitrogens with one attached hydrogen (secondary N) is 3. The van der Waals surface area contributed by atoms with Crippen LogP contribution in [0.4, 0.5) is 19.0 Å². The average Bonchev–Trinajstić information content (AvgIpc) is 3.20. The van der Waals surface area contributed by atoms with Crippen LogP contribution in [0, 0.1) is 0 Å². The number of aromatic nitrogens is 1. The minimum absolute atomic E-state index is 0.0429. The molecule has 8 nitrogen and oxygen atoms in total. The average molecular weight is 442 g/mol. The summed E-state index contributed by atoms with van der Waals surface area (Å²) >= 11 is 5.82. The van der Waals surface area contributed by atoms with Gasteiger partial charge in [-0.15, -0.1) is 0 Å². The highest BCUT2D eigenvalue weighted by Crippen LogP contribution is 2.32. The maximum atomic E-state index is 12.6. The van der Waals surface area contributed by atoms with Crippen LogP contribution >= 0.6 is 11.6 Å². The van der Waals surface area contributed by atoms with E-state index in [2.05, 4.69) is 26.3 Å². The summed E-state index contributed by atoms with van der Waals surface area (Å²) in [6.07, 6.45) is -4.35. The summed E-state index contributed by atoms with van der Waals surface area (Å²) in [6.45, 7) is 0.0920. The summed E-state index contributed by atoms with van der Waals surface area (Å²) in [6, 6.07) is 9.04. The Kier molecular flexibility index (Phi) is 6.40. The van der Waals surface area contributed by atoms with E-state index in [0.717, 1.165) is 6.07 Å². The fourth-order valence-electron chi connectivity index (χ4n) is 2.45. The van der Waals surface area contributed by atoms with Crippen LogP contribution in [0.3, 0.4) is 0 Å². The minimum atomic E-state index is -4.55. The summed E-state index contributed by atoms with van der Waals surface area (Å²) in [5.41, 5.74) is 3.95. The first kappa shape index (κ1) is 21.4. The molecule has 158 valence electrons. The number of carbonyl (C=O) groups is 2. The Morgan fingerprint density at radius 3 is 2.53 bits per heavy atom. The molecule has 0 aliphatic carbocycles. The van der Waals surface area contributed by atoms with E-state index in [4.69, 9.17) is 16.4 Å². The van der Waals surface area contributed by atoms with Gasteiger partial charge in [0.1, 0.15) is 11.5 Å². The summed E-state index contributed by atoms with van der Waals surface area (Å²) < 4.78 is 37.9. The molecule has 0 unspecified atom stereocenters. The summed E-state index contributed by atoms with van der Waals surface area (Å²) in [5.74, 6) is -1.10. The molecule has 12 heteroatoms. The SMILES string of the molecule is O=C(NNC(=O)c1ccccc1)C1=NO[C@H](CNc2ncc(C(F)(F)F)cc2Cl)C1. The number of nitrogens with zero attached hydrogens (tertiary/aromatic N) is 2. The molecule has 1 aromatic heterocycles. The van der Waals surface area contributed by atoms with E-state index < -0.39 is 29.7 Å². The third-order valence-corrected chi connectivity index (χ3v) is 4.27. The topological polar surface area (TPSA) is 105 Å². The summed E-state index contributed by atoms with van der Waals surface area (Å²) in [5, 5.41) is 6.21. The number of carbonyl (C=O) groups excluding carboxylic acids is 2. The van der Waals surface area contributed by atoms with Gasteiger partial charge in [-0.3, -0.25) is 20.4 Å². The zero-order chi connectivity index (χ0) is 21.7. The van der Waals surface area contributed by atoms with Gasteiger partial charge in [0.2, 0.25) is 0 Å². The molecule has 1 aliphatic rings. The second-order valence-electron chi connectivity index (χ2n) is 6.18.